The minimum absolute atomic E-state index is 0. The van der Waals surface area contributed by atoms with Crippen molar-refractivity contribution in [3.05, 3.63) is 48.3 Å². The molecule has 8 heteroatoms. The van der Waals surface area contributed by atoms with E-state index in [-0.39, 0.29) is 35.9 Å². The van der Waals surface area contributed by atoms with Gasteiger partial charge < -0.3 is 15.5 Å². The third kappa shape index (κ3) is 6.21. The normalized spacial score (nSPS) is 19.3. The van der Waals surface area contributed by atoms with Gasteiger partial charge in [0, 0.05) is 44.0 Å². The number of carbonyl (C=O) groups is 1. The van der Waals surface area contributed by atoms with Gasteiger partial charge in [-0.25, -0.2) is 9.67 Å². The molecule has 1 aromatic carbocycles. The zero-order valence-electron chi connectivity index (χ0n) is 18.2. The summed E-state index contributed by atoms with van der Waals surface area (Å²) in [5.41, 5.74) is 2.16. The predicted octanol–water partition coefficient (Wildman–Crippen LogP) is 3.34. The lowest BCUT2D eigenvalue weighted by atomic mass is 10.1. The fraction of sp³-hybridized carbons (Fsp3) is 0.522. The first-order chi connectivity index (χ1) is 14.7. The molecule has 1 atom stereocenters. The highest BCUT2D eigenvalue weighted by Crippen LogP contribution is 2.27. The second kappa shape index (κ2) is 11.5. The lowest BCUT2D eigenvalue weighted by molar-refractivity contribution is -0.134. The van der Waals surface area contributed by atoms with Crippen LogP contribution in [-0.4, -0.2) is 52.2 Å². The molecule has 2 fully saturated rings. The van der Waals surface area contributed by atoms with Gasteiger partial charge in [0.15, 0.2) is 5.96 Å². The van der Waals surface area contributed by atoms with E-state index >= 15 is 0 Å². The van der Waals surface area contributed by atoms with E-state index in [2.05, 4.69) is 34.8 Å². The van der Waals surface area contributed by atoms with Crippen LogP contribution in [0, 0.1) is 5.92 Å². The summed E-state index contributed by atoms with van der Waals surface area (Å²) in [6.45, 7) is 5.07. The fourth-order valence-corrected chi connectivity index (χ4v) is 4.41. The van der Waals surface area contributed by atoms with Gasteiger partial charge in [-0.1, -0.05) is 25.0 Å². The van der Waals surface area contributed by atoms with Gasteiger partial charge in [-0.05, 0) is 49.9 Å². The second-order valence-electron chi connectivity index (χ2n) is 8.21. The average Bonchev–Trinajstić information content (AvgIpc) is 3.55. The fourth-order valence-electron chi connectivity index (χ4n) is 4.41. The number of guanidine groups is 1. The van der Waals surface area contributed by atoms with E-state index in [1.54, 1.807) is 6.20 Å². The molecule has 1 unspecified atom stereocenters. The van der Waals surface area contributed by atoms with Gasteiger partial charge in [-0.2, -0.15) is 5.10 Å². The molecular weight excluding hydrogens is 503 g/mol. The van der Waals surface area contributed by atoms with Gasteiger partial charge in [-0.3, -0.25) is 4.79 Å². The number of likely N-dealkylation sites (tertiary alicyclic amines) is 1. The van der Waals surface area contributed by atoms with Crippen LogP contribution in [-0.2, 0) is 11.3 Å². The van der Waals surface area contributed by atoms with Crippen LogP contribution >= 0.6 is 24.0 Å². The SMILES string of the molecule is CCNC(=NCc1cccc(-n2cccn2)c1)NC1CCN(C(=O)C2CCCC2)C1.I. The largest absolute Gasteiger partial charge is 0.357 e. The number of hydrogen-bond donors (Lipinski definition) is 2. The number of benzene rings is 1. The molecule has 4 rings (SSSR count). The van der Waals surface area contributed by atoms with Crippen LogP contribution in [0.15, 0.2) is 47.7 Å². The summed E-state index contributed by atoms with van der Waals surface area (Å²) >= 11 is 0. The van der Waals surface area contributed by atoms with Gasteiger partial charge in [0.25, 0.3) is 0 Å². The standard InChI is InChI=1S/C23H32N6O.HI/c1-2-24-23(25-16-18-7-5-10-21(15-18)29-13-6-12-26-29)27-20-11-14-28(17-20)22(30)19-8-3-4-9-19;/h5-7,10,12-13,15,19-20H,2-4,8-9,11,14,16-17H2,1H3,(H2,24,25,27);1H. The number of hydrogen-bond acceptors (Lipinski definition) is 3. The molecule has 168 valence electrons. The Morgan fingerprint density at radius 2 is 2.06 bits per heavy atom. The highest BCUT2D eigenvalue weighted by atomic mass is 127. The van der Waals surface area contributed by atoms with E-state index < -0.39 is 0 Å². The number of amides is 1. The summed E-state index contributed by atoms with van der Waals surface area (Å²) < 4.78 is 1.85. The molecule has 0 radical (unpaired) electrons. The van der Waals surface area contributed by atoms with E-state index in [4.69, 9.17) is 4.99 Å². The van der Waals surface area contributed by atoms with Crippen molar-refractivity contribution >= 4 is 35.8 Å². The van der Waals surface area contributed by atoms with Gasteiger partial charge >= 0.3 is 0 Å². The van der Waals surface area contributed by atoms with Crippen LogP contribution in [0.3, 0.4) is 0 Å². The summed E-state index contributed by atoms with van der Waals surface area (Å²) in [4.78, 5) is 19.5. The zero-order chi connectivity index (χ0) is 20.8. The minimum atomic E-state index is 0. The monoisotopic (exact) mass is 536 g/mol. The Morgan fingerprint density at radius 3 is 2.81 bits per heavy atom. The lowest BCUT2D eigenvalue weighted by Gasteiger charge is -2.21. The van der Waals surface area contributed by atoms with Crippen LogP contribution < -0.4 is 10.6 Å². The van der Waals surface area contributed by atoms with Crippen molar-refractivity contribution in [2.45, 2.75) is 51.6 Å². The molecule has 2 aromatic rings. The van der Waals surface area contributed by atoms with Crippen molar-refractivity contribution in [2.75, 3.05) is 19.6 Å². The zero-order valence-corrected chi connectivity index (χ0v) is 20.5. The average molecular weight is 536 g/mol. The maximum atomic E-state index is 12.7. The van der Waals surface area contributed by atoms with Crippen molar-refractivity contribution in [1.29, 1.82) is 0 Å². The van der Waals surface area contributed by atoms with Gasteiger partial charge in [0.05, 0.1) is 12.2 Å². The van der Waals surface area contributed by atoms with Crippen molar-refractivity contribution in [3.63, 3.8) is 0 Å². The Labute approximate surface area is 201 Å². The van der Waals surface area contributed by atoms with Gasteiger partial charge in [0.2, 0.25) is 5.91 Å². The van der Waals surface area contributed by atoms with E-state index in [9.17, 15) is 4.79 Å². The molecule has 1 amide bonds. The Kier molecular flexibility index (Phi) is 8.74. The summed E-state index contributed by atoms with van der Waals surface area (Å²) in [6, 6.07) is 10.4. The van der Waals surface area contributed by atoms with E-state index in [0.717, 1.165) is 56.1 Å². The molecular formula is C23H33IN6O. The summed E-state index contributed by atoms with van der Waals surface area (Å²) in [5.74, 6) is 1.42. The Balaban J connectivity index is 0.00000272. The number of aliphatic imine (C=N–C) groups is 1. The maximum Gasteiger partial charge on any atom is 0.225 e. The van der Waals surface area contributed by atoms with E-state index in [1.165, 1.54) is 12.8 Å². The molecule has 1 aliphatic heterocycles. The first-order valence-electron chi connectivity index (χ1n) is 11.2. The summed E-state index contributed by atoms with van der Waals surface area (Å²) in [6.07, 6.45) is 9.21. The van der Waals surface area contributed by atoms with Crippen LogP contribution in [0.25, 0.3) is 5.69 Å². The Bertz CT molecular complexity index is 863. The topological polar surface area (TPSA) is 74.6 Å². The molecule has 1 saturated carbocycles. The summed E-state index contributed by atoms with van der Waals surface area (Å²) in [5, 5.41) is 11.2. The third-order valence-electron chi connectivity index (χ3n) is 5.99. The van der Waals surface area contributed by atoms with Crippen LogP contribution in [0.2, 0.25) is 0 Å². The Morgan fingerprint density at radius 1 is 1.23 bits per heavy atom. The van der Waals surface area contributed by atoms with Crippen molar-refractivity contribution in [3.8, 4) is 5.69 Å². The molecule has 1 aliphatic carbocycles. The van der Waals surface area contributed by atoms with Crippen LogP contribution in [0.5, 0.6) is 0 Å². The molecule has 1 saturated heterocycles. The van der Waals surface area contributed by atoms with Gasteiger partial charge in [-0.15, -0.1) is 24.0 Å². The smallest absolute Gasteiger partial charge is 0.225 e. The number of rotatable bonds is 6. The first-order valence-corrected chi connectivity index (χ1v) is 11.2. The maximum absolute atomic E-state index is 12.7. The Hall–Kier alpha value is -2.10. The number of nitrogens with one attached hydrogen (secondary N) is 2. The predicted molar refractivity (Wildman–Crippen MR) is 134 cm³/mol. The van der Waals surface area contributed by atoms with Crippen molar-refractivity contribution < 1.29 is 4.79 Å². The van der Waals surface area contributed by atoms with Crippen molar-refractivity contribution in [2.24, 2.45) is 10.9 Å². The molecule has 2 heterocycles. The second-order valence-corrected chi connectivity index (χ2v) is 8.21. The number of aromatic nitrogens is 2. The third-order valence-corrected chi connectivity index (χ3v) is 5.99. The van der Waals surface area contributed by atoms with Crippen LogP contribution in [0.4, 0.5) is 0 Å². The van der Waals surface area contributed by atoms with Crippen molar-refractivity contribution in [1.82, 2.24) is 25.3 Å². The van der Waals surface area contributed by atoms with E-state index in [0.29, 0.717) is 12.5 Å². The first kappa shape index (κ1) is 23.6. The number of halogens is 1. The number of nitrogens with zero attached hydrogens (tertiary/aromatic N) is 4. The van der Waals surface area contributed by atoms with Gasteiger partial charge in [0.1, 0.15) is 0 Å². The molecule has 31 heavy (non-hydrogen) atoms. The summed E-state index contributed by atoms with van der Waals surface area (Å²) in [7, 11) is 0. The highest BCUT2D eigenvalue weighted by molar-refractivity contribution is 14.0. The lowest BCUT2D eigenvalue weighted by Crippen LogP contribution is -2.45. The van der Waals surface area contributed by atoms with E-state index in [1.807, 2.05) is 34.0 Å². The molecule has 1 aromatic heterocycles. The molecule has 0 bridgehead atoms. The molecule has 7 nitrogen and oxygen atoms in total. The molecule has 2 N–H and O–H groups in total. The number of carbonyl (C=O) groups excluding carboxylic acids is 1. The highest BCUT2D eigenvalue weighted by Gasteiger charge is 2.32. The molecule has 0 spiro atoms. The quantitative estimate of drug-likeness (QED) is 0.338. The molecule has 2 aliphatic rings. The van der Waals surface area contributed by atoms with Crippen LogP contribution in [0.1, 0.15) is 44.6 Å². The minimum Gasteiger partial charge on any atom is -0.357 e.